The normalized spacial score (nSPS) is 10.4. The summed E-state index contributed by atoms with van der Waals surface area (Å²) in [6, 6.07) is 0. The van der Waals surface area contributed by atoms with Gasteiger partial charge in [-0.15, -0.1) is 0 Å². The van der Waals surface area contributed by atoms with Crippen LogP contribution in [0.5, 0.6) is 0 Å². The van der Waals surface area contributed by atoms with Crippen molar-refractivity contribution >= 4 is 5.91 Å². The Balaban J connectivity index is 2.31. The van der Waals surface area contributed by atoms with Gasteiger partial charge in [0.05, 0.1) is 12.1 Å². The molecule has 0 atom stereocenters. The van der Waals surface area contributed by atoms with Gasteiger partial charge in [-0.1, -0.05) is 19.8 Å². The Labute approximate surface area is 96.4 Å². The number of oxazole rings is 1. The molecule has 4 heteroatoms. The Morgan fingerprint density at radius 2 is 2.12 bits per heavy atom. The predicted molar refractivity (Wildman–Crippen MR) is 62.2 cm³/mol. The van der Waals surface area contributed by atoms with E-state index in [0.29, 0.717) is 18.1 Å². The van der Waals surface area contributed by atoms with Crippen LogP contribution in [0.15, 0.2) is 4.42 Å². The number of hydrogen-bond acceptors (Lipinski definition) is 3. The van der Waals surface area contributed by atoms with E-state index in [1.807, 2.05) is 6.92 Å². The molecule has 90 valence electrons. The lowest BCUT2D eigenvalue weighted by atomic mass is 10.2. The molecule has 0 aliphatic carbocycles. The third kappa shape index (κ3) is 4.04. The second-order valence-electron chi connectivity index (χ2n) is 3.98. The van der Waals surface area contributed by atoms with Crippen LogP contribution in [0.1, 0.15) is 43.5 Å². The monoisotopic (exact) mass is 224 g/mol. The molecule has 4 nitrogen and oxygen atoms in total. The maximum absolute atomic E-state index is 11.5. The van der Waals surface area contributed by atoms with E-state index in [0.717, 1.165) is 31.5 Å². The minimum absolute atomic E-state index is 0.00959. The van der Waals surface area contributed by atoms with E-state index in [4.69, 9.17) is 4.42 Å². The maximum Gasteiger partial charge on any atom is 0.227 e. The topological polar surface area (TPSA) is 55.1 Å². The van der Waals surface area contributed by atoms with Gasteiger partial charge in [-0.3, -0.25) is 4.79 Å². The van der Waals surface area contributed by atoms with E-state index in [9.17, 15) is 4.79 Å². The van der Waals surface area contributed by atoms with Gasteiger partial charge in [0, 0.05) is 13.5 Å². The highest BCUT2D eigenvalue weighted by molar-refractivity contribution is 5.78. The van der Waals surface area contributed by atoms with Crippen molar-refractivity contribution in [2.45, 2.75) is 46.5 Å². The smallest absolute Gasteiger partial charge is 0.227 e. The van der Waals surface area contributed by atoms with Crippen molar-refractivity contribution in [1.29, 1.82) is 0 Å². The van der Waals surface area contributed by atoms with Crippen LogP contribution in [0.4, 0.5) is 0 Å². The molecule has 0 aliphatic rings. The lowest BCUT2D eigenvalue weighted by molar-refractivity contribution is -0.120. The molecule has 0 radical (unpaired) electrons. The lowest BCUT2D eigenvalue weighted by Gasteiger charge is -2.03. The molecule has 0 aliphatic heterocycles. The van der Waals surface area contributed by atoms with Gasteiger partial charge in [-0.2, -0.15) is 0 Å². The molecule has 1 rings (SSSR count). The fraction of sp³-hybridized carbons (Fsp3) is 0.667. The molecule has 0 bridgehead atoms. The highest BCUT2D eigenvalue weighted by Crippen LogP contribution is 2.09. The fourth-order valence-corrected chi connectivity index (χ4v) is 1.55. The minimum atomic E-state index is 0.00959. The Bertz CT molecular complexity index is 345. The first kappa shape index (κ1) is 12.7. The molecule has 0 spiro atoms. The van der Waals surface area contributed by atoms with Crippen molar-refractivity contribution in [2.24, 2.45) is 0 Å². The van der Waals surface area contributed by atoms with Crippen LogP contribution in [0, 0.1) is 13.8 Å². The zero-order valence-corrected chi connectivity index (χ0v) is 10.3. The summed E-state index contributed by atoms with van der Waals surface area (Å²) in [7, 11) is 0. The molecule has 16 heavy (non-hydrogen) atoms. The van der Waals surface area contributed by atoms with Crippen molar-refractivity contribution in [1.82, 2.24) is 10.3 Å². The van der Waals surface area contributed by atoms with Gasteiger partial charge in [-0.05, 0) is 13.3 Å². The summed E-state index contributed by atoms with van der Waals surface area (Å²) in [4.78, 5) is 15.7. The number of hydrogen-bond donors (Lipinski definition) is 1. The highest BCUT2D eigenvalue weighted by Gasteiger charge is 2.11. The Kier molecular flexibility index (Phi) is 5.02. The van der Waals surface area contributed by atoms with Crippen LogP contribution in [0.3, 0.4) is 0 Å². The standard InChI is InChI=1S/C12H20N2O2/c1-4-5-6-7-13-12(15)8-11-9(2)14-10(3)16-11/h4-8H2,1-3H3,(H,13,15). The van der Waals surface area contributed by atoms with Gasteiger partial charge in [0.15, 0.2) is 5.89 Å². The van der Waals surface area contributed by atoms with Gasteiger partial charge < -0.3 is 9.73 Å². The van der Waals surface area contributed by atoms with E-state index >= 15 is 0 Å². The Morgan fingerprint density at radius 3 is 2.69 bits per heavy atom. The van der Waals surface area contributed by atoms with E-state index in [2.05, 4.69) is 17.2 Å². The average Bonchev–Trinajstić information content (AvgIpc) is 2.52. The zero-order chi connectivity index (χ0) is 12.0. The SMILES string of the molecule is CCCCCNC(=O)Cc1oc(C)nc1C. The quantitative estimate of drug-likeness (QED) is 0.753. The van der Waals surface area contributed by atoms with Crippen molar-refractivity contribution in [3.8, 4) is 0 Å². The molecule has 1 amide bonds. The summed E-state index contributed by atoms with van der Waals surface area (Å²) >= 11 is 0. The molecular weight excluding hydrogens is 204 g/mol. The number of amides is 1. The van der Waals surface area contributed by atoms with Crippen LogP contribution in [0.25, 0.3) is 0 Å². The number of rotatable bonds is 6. The predicted octanol–water partition coefficient (Wildman–Crippen LogP) is 2.14. The molecular formula is C12H20N2O2. The number of aromatic nitrogens is 1. The third-order valence-electron chi connectivity index (χ3n) is 2.42. The largest absolute Gasteiger partial charge is 0.445 e. The Hall–Kier alpha value is -1.32. The van der Waals surface area contributed by atoms with Gasteiger partial charge in [0.2, 0.25) is 5.91 Å². The second kappa shape index (κ2) is 6.30. The summed E-state index contributed by atoms with van der Waals surface area (Å²) in [6.45, 7) is 6.53. The summed E-state index contributed by atoms with van der Waals surface area (Å²) in [5, 5.41) is 2.88. The number of carbonyl (C=O) groups excluding carboxylic acids is 1. The van der Waals surface area contributed by atoms with Crippen LogP contribution in [0.2, 0.25) is 0 Å². The summed E-state index contributed by atoms with van der Waals surface area (Å²) < 4.78 is 5.34. The Morgan fingerprint density at radius 1 is 1.38 bits per heavy atom. The first-order valence-corrected chi connectivity index (χ1v) is 5.83. The minimum Gasteiger partial charge on any atom is -0.445 e. The van der Waals surface area contributed by atoms with E-state index in [1.54, 1.807) is 6.92 Å². The first-order valence-electron chi connectivity index (χ1n) is 5.83. The van der Waals surface area contributed by atoms with Crippen molar-refractivity contribution in [3.63, 3.8) is 0 Å². The number of aryl methyl sites for hydroxylation is 2. The van der Waals surface area contributed by atoms with Crippen molar-refractivity contribution < 1.29 is 9.21 Å². The van der Waals surface area contributed by atoms with E-state index in [1.165, 1.54) is 0 Å². The van der Waals surface area contributed by atoms with Crippen molar-refractivity contribution in [3.05, 3.63) is 17.3 Å². The lowest BCUT2D eigenvalue weighted by Crippen LogP contribution is -2.26. The molecule has 0 aromatic carbocycles. The zero-order valence-electron chi connectivity index (χ0n) is 10.3. The molecule has 0 fully saturated rings. The van der Waals surface area contributed by atoms with Gasteiger partial charge in [0.25, 0.3) is 0 Å². The third-order valence-corrected chi connectivity index (χ3v) is 2.42. The average molecular weight is 224 g/mol. The molecule has 1 aromatic heterocycles. The number of nitrogens with one attached hydrogen (secondary N) is 1. The van der Waals surface area contributed by atoms with Crippen molar-refractivity contribution in [2.75, 3.05) is 6.54 Å². The fourth-order valence-electron chi connectivity index (χ4n) is 1.55. The van der Waals surface area contributed by atoms with E-state index < -0.39 is 0 Å². The first-order chi connectivity index (χ1) is 7.63. The second-order valence-corrected chi connectivity index (χ2v) is 3.98. The molecule has 1 aromatic rings. The van der Waals surface area contributed by atoms with E-state index in [-0.39, 0.29) is 5.91 Å². The molecule has 0 saturated heterocycles. The highest BCUT2D eigenvalue weighted by atomic mass is 16.4. The van der Waals surface area contributed by atoms with Crippen LogP contribution in [-0.2, 0) is 11.2 Å². The van der Waals surface area contributed by atoms with Gasteiger partial charge in [-0.25, -0.2) is 4.98 Å². The number of unbranched alkanes of at least 4 members (excludes halogenated alkanes) is 2. The number of carbonyl (C=O) groups is 1. The van der Waals surface area contributed by atoms with Crippen LogP contribution >= 0.6 is 0 Å². The summed E-state index contributed by atoms with van der Waals surface area (Å²) in [5.41, 5.74) is 0.807. The number of nitrogens with zero attached hydrogens (tertiary/aromatic N) is 1. The molecule has 0 unspecified atom stereocenters. The summed E-state index contributed by atoms with van der Waals surface area (Å²) in [6.07, 6.45) is 3.65. The molecule has 1 heterocycles. The molecule has 1 N–H and O–H groups in total. The van der Waals surface area contributed by atoms with Gasteiger partial charge >= 0.3 is 0 Å². The van der Waals surface area contributed by atoms with Crippen LogP contribution in [-0.4, -0.2) is 17.4 Å². The molecule has 0 saturated carbocycles. The summed E-state index contributed by atoms with van der Waals surface area (Å²) in [5.74, 6) is 1.30. The maximum atomic E-state index is 11.5. The van der Waals surface area contributed by atoms with Gasteiger partial charge in [0.1, 0.15) is 5.76 Å². The van der Waals surface area contributed by atoms with Crippen LogP contribution < -0.4 is 5.32 Å².